The van der Waals surface area contributed by atoms with Crippen molar-refractivity contribution < 1.29 is 23.2 Å². The largest absolute Gasteiger partial charge is 0.368 e. The molecule has 204 valence electrons. The highest BCUT2D eigenvalue weighted by atomic mass is 19.1. The minimum atomic E-state index is -1.01. The van der Waals surface area contributed by atoms with E-state index in [0.717, 1.165) is 12.0 Å². The van der Waals surface area contributed by atoms with Crippen LogP contribution in [0, 0.1) is 11.6 Å². The lowest BCUT2D eigenvalue weighted by Crippen LogP contribution is -2.44. The van der Waals surface area contributed by atoms with Gasteiger partial charge in [0, 0.05) is 33.1 Å². The van der Waals surface area contributed by atoms with Crippen LogP contribution < -0.4 is 15.5 Å². The van der Waals surface area contributed by atoms with Crippen LogP contribution in [-0.2, 0) is 16.0 Å². The molecule has 0 radical (unpaired) electrons. The average molecular weight is 535 g/mol. The number of hydrogen-bond donors (Lipinski definition) is 2. The summed E-state index contributed by atoms with van der Waals surface area (Å²) < 4.78 is 28.6. The Hall–Kier alpha value is -4.27. The number of carbonyl (C=O) groups is 3. The minimum absolute atomic E-state index is 0.00339. The molecule has 1 aliphatic heterocycles. The van der Waals surface area contributed by atoms with Gasteiger partial charge in [0.2, 0.25) is 11.8 Å². The first-order valence-electron chi connectivity index (χ1n) is 13.0. The summed E-state index contributed by atoms with van der Waals surface area (Å²) in [5, 5.41) is 5.47. The molecule has 3 aromatic rings. The zero-order valence-corrected chi connectivity index (χ0v) is 21.8. The maximum absolute atomic E-state index is 14.3. The molecule has 7 nitrogen and oxygen atoms in total. The molecule has 1 unspecified atom stereocenters. The summed E-state index contributed by atoms with van der Waals surface area (Å²) in [5.74, 6) is -2.47. The van der Waals surface area contributed by atoms with Gasteiger partial charge in [-0.15, -0.1) is 0 Å². The van der Waals surface area contributed by atoms with E-state index in [1.807, 2.05) is 35.2 Å². The van der Waals surface area contributed by atoms with Crippen LogP contribution in [0.25, 0.3) is 0 Å². The summed E-state index contributed by atoms with van der Waals surface area (Å²) in [6, 6.07) is 18.2. The number of aryl methyl sites for hydroxylation is 1. The fourth-order valence-corrected chi connectivity index (χ4v) is 4.68. The van der Waals surface area contributed by atoms with Gasteiger partial charge in [-0.2, -0.15) is 0 Å². The van der Waals surface area contributed by atoms with Crippen LogP contribution in [0.15, 0.2) is 72.8 Å². The number of hydrogen-bond acceptors (Lipinski definition) is 4. The molecule has 2 N–H and O–H groups in total. The van der Waals surface area contributed by atoms with Gasteiger partial charge in [-0.05, 0) is 55.2 Å². The molecule has 4 rings (SSSR count). The van der Waals surface area contributed by atoms with E-state index in [1.165, 1.54) is 37.3 Å². The topological polar surface area (TPSA) is 81.8 Å². The van der Waals surface area contributed by atoms with Gasteiger partial charge in [-0.3, -0.25) is 14.4 Å². The smallest absolute Gasteiger partial charge is 0.254 e. The summed E-state index contributed by atoms with van der Waals surface area (Å²) in [7, 11) is 0. The molecule has 9 heteroatoms. The standard InChI is InChI=1S/C30H32F2N4O3/c1-21(37)35-16-7-17-36(19-18-35)28-15-13-23(31)20-27(28)34-30(39)26(14-12-22-8-3-2-4-9-22)33-29(38)24-10-5-6-11-25(24)32/h2-6,8-11,13,15,20,26H,7,12,14,16-19H2,1H3,(H,33,38)(H,34,39). The first kappa shape index (κ1) is 27.8. The average Bonchev–Trinajstić information content (AvgIpc) is 3.18. The lowest BCUT2D eigenvalue weighted by molar-refractivity contribution is -0.128. The molecule has 0 bridgehead atoms. The van der Waals surface area contributed by atoms with Gasteiger partial charge in [-0.25, -0.2) is 8.78 Å². The van der Waals surface area contributed by atoms with E-state index >= 15 is 0 Å². The Balaban J connectivity index is 1.55. The lowest BCUT2D eigenvalue weighted by atomic mass is 10.0. The second-order valence-electron chi connectivity index (χ2n) is 9.53. The Morgan fingerprint density at radius 2 is 1.64 bits per heavy atom. The van der Waals surface area contributed by atoms with Crippen LogP contribution in [0.2, 0.25) is 0 Å². The van der Waals surface area contributed by atoms with Crippen molar-refractivity contribution in [1.29, 1.82) is 0 Å². The highest BCUT2D eigenvalue weighted by Crippen LogP contribution is 2.28. The van der Waals surface area contributed by atoms with E-state index in [1.54, 1.807) is 17.0 Å². The Morgan fingerprint density at radius 3 is 2.38 bits per heavy atom. The third-order valence-corrected chi connectivity index (χ3v) is 6.80. The Kier molecular flexibility index (Phi) is 9.25. The number of rotatable bonds is 8. The number of carbonyl (C=O) groups excluding carboxylic acids is 3. The number of nitrogens with one attached hydrogen (secondary N) is 2. The second kappa shape index (κ2) is 13.0. The molecule has 1 aliphatic rings. The van der Waals surface area contributed by atoms with Crippen molar-refractivity contribution in [2.24, 2.45) is 0 Å². The Morgan fingerprint density at radius 1 is 0.897 bits per heavy atom. The van der Waals surface area contributed by atoms with Crippen LogP contribution in [0.5, 0.6) is 0 Å². The summed E-state index contributed by atoms with van der Waals surface area (Å²) in [4.78, 5) is 42.1. The monoisotopic (exact) mass is 534 g/mol. The number of amides is 3. The lowest BCUT2D eigenvalue weighted by Gasteiger charge is -2.27. The van der Waals surface area contributed by atoms with Gasteiger partial charge in [0.25, 0.3) is 5.91 Å². The molecule has 1 atom stereocenters. The first-order chi connectivity index (χ1) is 18.8. The maximum atomic E-state index is 14.3. The van der Waals surface area contributed by atoms with Crippen molar-refractivity contribution in [2.45, 2.75) is 32.2 Å². The van der Waals surface area contributed by atoms with Crippen molar-refractivity contribution in [3.05, 3.63) is 95.6 Å². The number of benzene rings is 3. The summed E-state index contributed by atoms with van der Waals surface area (Å²) in [5.41, 5.74) is 1.70. The van der Waals surface area contributed by atoms with Crippen molar-refractivity contribution >= 4 is 29.1 Å². The van der Waals surface area contributed by atoms with Gasteiger partial charge >= 0.3 is 0 Å². The van der Waals surface area contributed by atoms with Gasteiger partial charge in [0.1, 0.15) is 17.7 Å². The number of nitrogens with zero attached hydrogens (tertiary/aromatic N) is 2. The van der Waals surface area contributed by atoms with Gasteiger partial charge < -0.3 is 20.4 Å². The predicted octanol–water partition coefficient (Wildman–Crippen LogP) is 4.39. The Labute approximate surface area is 226 Å². The normalized spacial score (nSPS) is 14.3. The third kappa shape index (κ3) is 7.40. The minimum Gasteiger partial charge on any atom is -0.368 e. The van der Waals surface area contributed by atoms with E-state index in [9.17, 15) is 23.2 Å². The summed E-state index contributed by atoms with van der Waals surface area (Å²) in [6.07, 6.45) is 1.46. The van der Waals surface area contributed by atoms with Crippen molar-refractivity contribution in [3.63, 3.8) is 0 Å². The molecule has 39 heavy (non-hydrogen) atoms. The van der Waals surface area contributed by atoms with E-state index in [0.29, 0.717) is 38.3 Å². The molecule has 3 aromatic carbocycles. The van der Waals surface area contributed by atoms with Crippen LogP contribution in [0.1, 0.15) is 35.7 Å². The summed E-state index contributed by atoms with van der Waals surface area (Å²) >= 11 is 0. The maximum Gasteiger partial charge on any atom is 0.254 e. The second-order valence-corrected chi connectivity index (χ2v) is 9.53. The molecule has 3 amide bonds. The fourth-order valence-electron chi connectivity index (χ4n) is 4.68. The zero-order valence-electron chi connectivity index (χ0n) is 21.8. The van der Waals surface area contributed by atoms with Crippen LogP contribution in [0.3, 0.4) is 0 Å². The third-order valence-electron chi connectivity index (χ3n) is 6.80. The quantitative estimate of drug-likeness (QED) is 0.449. The van der Waals surface area contributed by atoms with Gasteiger partial charge in [0.15, 0.2) is 0 Å². The van der Waals surface area contributed by atoms with Crippen molar-refractivity contribution in [1.82, 2.24) is 10.2 Å². The number of halogens is 2. The molecule has 0 saturated carbocycles. The molecular formula is C30H32F2N4O3. The zero-order chi connectivity index (χ0) is 27.8. The Bertz CT molecular complexity index is 1320. The molecule has 0 spiro atoms. The first-order valence-corrected chi connectivity index (χ1v) is 13.0. The van der Waals surface area contributed by atoms with Crippen LogP contribution in [-0.4, -0.2) is 54.8 Å². The van der Waals surface area contributed by atoms with Gasteiger partial charge in [-0.1, -0.05) is 42.5 Å². The predicted molar refractivity (Wildman–Crippen MR) is 147 cm³/mol. The SMILES string of the molecule is CC(=O)N1CCCN(c2ccc(F)cc2NC(=O)C(CCc2ccccc2)NC(=O)c2ccccc2F)CC1. The molecule has 1 heterocycles. The highest BCUT2D eigenvalue weighted by molar-refractivity contribution is 6.02. The highest BCUT2D eigenvalue weighted by Gasteiger charge is 2.25. The van der Waals surface area contributed by atoms with Crippen molar-refractivity contribution in [3.8, 4) is 0 Å². The fraction of sp³-hybridized carbons (Fsp3) is 0.300. The van der Waals surface area contributed by atoms with E-state index < -0.39 is 29.5 Å². The van der Waals surface area contributed by atoms with E-state index in [2.05, 4.69) is 10.6 Å². The molecular weight excluding hydrogens is 502 g/mol. The van der Waals surface area contributed by atoms with E-state index in [4.69, 9.17) is 0 Å². The molecule has 1 fully saturated rings. The molecule has 0 aliphatic carbocycles. The summed E-state index contributed by atoms with van der Waals surface area (Å²) in [6.45, 7) is 3.82. The van der Waals surface area contributed by atoms with E-state index in [-0.39, 0.29) is 23.6 Å². The van der Waals surface area contributed by atoms with Crippen LogP contribution >= 0.6 is 0 Å². The van der Waals surface area contributed by atoms with Gasteiger partial charge in [0.05, 0.1) is 16.9 Å². The molecule has 0 aromatic heterocycles. The van der Waals surface area contributed by atoms with Crippen molar-refractivity contribution in [2.75, 3.05) is 36.4 Å². The van der Waals surface area contributed by atoms with Crippen LogP contribution in [0.4, 0.5) is 20.2 Å². The molecule has 1 saturated heterocycles. The number of anilines is 2.